The Labute approximate surface area is 127 Å². The van der Waals surface area contributed by atoms with Gasteiger partial charge in [-0.2, -0.15) is 0 Å². The van der Waals surface area contributed by atoms with Crippen LogP contribution in [0.25, 0.3) is 10.4 Å². The van der Waals surface area contributed by atoms with E-state index in [2.05, 4.69) is 11.9 Å². The van der Waals surface area contributed by atoms with Crippen molar-refractivity contribution in [2.24, 2.45) is 0 Å². The molecule has 0 atom stereocenters. The molecule has 1 saturated heterocycles. The van der Waals surface area contributed by atoms with E-state index in [4.69, 9.17) is 0 Å². The van der Waals surface area contributed by atoms with Gasteiger partial charge in [0, 0.05) is 31.1 Å². The van der Waals surface area contributed by atoms with E-state index < -0.39 is 0 Å². The number of rotatable bonds is 2. The van der Waals surface area contributed by atoms with E-state index in [1.165, 1.54) is 23.5 Å². The molecule has 2 aromatic rings. The van der Waals surface area contributed by atoms with Crippen LogP contribution in [0.15, 0.2) is 36.4 Å². The predicted octanol–water partition coefficient (Wildman–Crippen LogP) is 2.94. The number of hydrogen-bond donors (Lipinski definition) is 0. The highest BCUT2D eigenvalue weighted by molar-refractivity contribution is 7.17. The molecule has 3 nitrogen and oxygen atoms in total. The van der Waals surface area contributed by atoms with E-state index in [1.807, 2.05) is 23.1 Å². The van der Waals surface area contributed by atoms with Gasteiger partial charge in [0.15, 0.2) is 0 Å². The summed E-state index contributed by atoms with van der Waals surface area (Å²) in [6.07, 6.45) is 0. The maximum atomic E-state index is 13.3. The lowest BCUT2D eigenvalue weighted by molar-refractivity contribution is 0.0669. The first kappa shape index (κ1) is 14.2. The second-order valence-corrected chi connectivity index (χ2v) is 6.35. The van der Waals surface area contributed by atoms with Gasteiger partial charge in [-0.05, 0) is 36.9 Å². The fraction of sp³-hybridized carbons (Fsp3) is 0.312. The molecule has 3 rings (SSSR count). The average Bonchev–Trinajstić information content (AvgIpc) is 2.97. The minimum Gasteiger partial charge on any atom is -0.335 e. The van der Waals surface area contributed by atoms with Crippen molar-refractivity contribution in [3.63, 3.8) is 0 Å². The van der Waals surface area contributed by atoms with Crippen LogP contribution in [0.3, 0.4) is 0 Å². The fourth-order valence-corrected chi connectivity index (χ4v) is 3.39. The second-order valence-electron chi connectivity index (χ2n) is 5.27. The Bertz CT molecular complexity index is 647. The number of thiophene rings is 1. The molecule has 0 radical (unpaired) electrons. The molecule has 1 aromatic carbocycles. The van der Waals surface area contributed by atoms with Crippen LogP contribution in [0.5, 0.6) is 0 Å². The van der Waals surface area contributed by atoms with Gasteiger partial charge in [-0.1, -0.05) is 12.1 Å². The Kier molecular flexibility index (Phi) is 4.03. The van der Waals surface area contributed by atoms with E-state index >= 15 is 0 Å². The molecule has 5 heteroatoms. The summed E-state index contributed by atoms with van der Waals surface area (Å²) < 4.78 is 13.3. The number of likely N-dealkylation sites (N-methyl/N-ethyl adjacent to an activating group) is 1. The number of halogens is 1. The van der Waals surface area contributed by atoms with Crippen LogP contribution >= 0.6 is 11.3 Å². The molecule has 0 spiro atoms. The Morgan fingerprint density at radius 1 is 1.14 bits per heavy atom. The van der Waals surface area contributed by atoms with Gasteiger partial charge in [0.05, 0.1) is 4.88 Å². The fourth-order valence-electron chi connectivity index (χ4n) is 2.42. The van der Waals surface area contributed by atoms with Gasteiger partial charge in [0.2, 0.25) is 0 Å². The smallest absolute Gasteiger partial charge is 0.264 e. The lowest BCUT2D eigenvalue weighted by atomic mass is 10.2. The van der Waals surface area contributed by atoms with Crippen molar-refractivity contribution in [2.45, 2.75) is 0 Å². The molecule has 2 heterocycles. The summed E-state index contributed by atoms with van der Waals surface area (Å²) in [5.74, 6) is -0.177. The van der Waals surface area contributed by atoms with Gasteiger partial charge in [0.25, 0.3) is 5.91 Å². The number of nitrogens with zero attached hydrogens (tertiary/aromatic N) is 2. The maximum absolute atomic E-state index is 13.3. The number of benzene rings is 1. The highest BCUT2D eigenvalue weighted by Gasteiger charge is 2.21. The minimum absolute atomic E-state index is 0.0794. The zero-order chi connectivity index (χ0) is 14.8. The highest BCUT2D eigenvalue weighted by atomic mass is 32.1. The highest BCUT2D eigenvalue weighted by Crippen LogP contribution is 2.29. The van der Waals surface area contributed by atoms with Gasteiger partial charge >= 0.3 is 0 Å². The van der Waals surface area contributed by atoms with Crippen LogP contribution in [0.4, 0.5) is 4.39 Å². The summed E-state index contributed by atoms with van der Waals surface area (Å²) >= 11 is 1.43. The minimum atomic E-state index is -0.257. The molecule has 0 saturated carbocycles. The summed E-state index contributed by atoms with van der Waals surface area (Å²) in [7, 11) is 2.06. The second kappa shape index (κ2) is 5.95. The normalized spacial score (nSPS) is 16.2. The number of carbonyl (C=O) groups is 1. The number of hydrogen-bond acceptors (Lipinski definition) is 3. The topological polar surface area (TPSA) is 23.6 Å². The van der Waals surface area contributed by atoms with Gasteiger partial charge in [-0.25, -0.2) is 4.39 Å². The third kappa shape index (κ3) is 3.14. The summed E-state index contributed by atoms with van der Waals surface area (Å²) in [6.45, 7) is 3.35. The van der Waals surface area contributed by atoms with Crippen molar-refractivity contribution in [1.82, 2.24) is 9.80 Å². The molecule has 1 amide bonds. The number of amides is 1. The molecule has 21 heavy (non-hydrogen) atoms. The lowest BCUT2D eigenvalue weighted by Crippen LogP contribution is -2.46. The number of piperazine rings is 1. The summed E-state index contributed by atoms with van der Waals surface area (Å²) in [6, 6.07) is 10.2. The van der Waals surface area contributed by atoms with E-state index in [-0.39, 0.29) is 11.7 Å². The van der Waals surface area contributed by atoms with Crippen molar-refractivity contribution >= 4 is 17.2 Å². The molecule has 1 aromatic heterocycles. The van der Waals surface area contributed by atoms with Crippen LogP contribution in [0.2, 0.25) is 0 Å². The molecule has 1 aliphatic heterocycles. The Hall–Kier alpha value is -1.72. The molecule has 0 aliphatic carbocycles. The SMILES string of the molecule is CN1CCN(C(=O)c2ccc(-c3cccc(F)c3)s2)CC1. The van der Waals surface area contributed by atoms with Crippen molar-refractivity contribution in [3.8, 4) is 10.4 Å². The molecule has 1 fully saturated rings. The van der Waals surface area contributed by atoms with Crippen molar-refractivity contribution in [2.75, 3.05) is 33.2 Å². The largest absolute Gasteiger partial charge is 0.335 e. The van der Waals surface area contributed by atoms with Crippen molar-refractivity contribution in [3.05, 3.63) is 47.1 Å². The monoisotopic (exact) mass is 304 g/mol. The molecule has 110 valence electrons. The van der Waals surface area contributed by atoms with Crippen molar-refractivity contribution < 1.29 is 9.18 Å². The molecular weight excluding hydrogens is 287 g/mol. The Balaban J connectivity index is 1.77. The van der Waals surface area contributed by atoms with Gasteiger partial charge in [-0.15, -0.1) is 11.3 Å². The number of carbonyl (C=O) groups excluding carboxylic acids is 1. The molecular formula is C16H17FN2OS. The molecule has 0 unspecified atom stereocenters. The standard InChI is InChI=1S/C16H17FN2OS/c1-18-7-9-19(10-8-18)16(20)15-6-5-14(21-15)12-3-2-4-13(17)11-12/h2-6,11H,7-10H2,1H3. The first-order chi connectivity index (χ1) is 10.1. The van der Waals surface area contributed by atoms with Gasteiger partial charge < -0.3 is 9.80 Å². The summed E-state index contributed by atoms with van der Waals surface area (Å²) in [4.78, 5) is 18.2. The average molecular weight is 304 g/mol. The van der Waals surface area contributed by atoms with Gasteiger partial charge in [-0.3, -0.25) is 4.79 Å². The molecule has 0 N–H and O–H groups in total. The van der Waals surface area contributed by atoms with Crippen LogP contribution in [0, 0.1) is 5.82 Å². The van der Waals surface area contributed by atoms with Crippen LogP contribution < -0.4 is 0 Å². The Morgan fingerprint density at radius 3 is 2.62 bits per heavy atom. The van der Waals surface area contributed by atoms with E-state index in [0.717, 1.165) is 41.5 Å². The maximum Gasteiger partial charge on any atom is 0.264 e. The molecule has 1 aliphatic rings. The molecule has 0 bridgehead atoms. The van der Waals surface area contributed by atoms with Crippen LogP contribution in [-0.4, -0.2) is 48.9 Å². The summed E-state index contributed by atoms with van der Waals surface area (Å²) in [5, 5.41) is 0. The van der Waals surface area contributed by atoms with E-state index in [0.29, 0.717) is 0 Å². The van der Waals surface area contributed by atoms with E-state index in [1.54, 1.807) is 6.07 Å². The van der Waals surface area contributed by atoms with E-state index in [9.17, 15) is 9.18 Å². The zero-order valence-electron chi connectivity index (χ0n) is 11.9. The zero-order valence-corrected chi connectivity index (χ0v) is 12.7. The van der Waals surface area contributed by atoms with Crippen LogP contribution in [0.1, 0.15) is 9.67 Å². The van der Waals surface area contributed by atoms with Crippen molar-refractivity contribution in [1.29, 1.82) is 0 Å². The third-order valence-corrected chi connectivity index (χ3v) is 4.84. The summed E-state index contributed by atoms with van der Waals surface area (Å²) in [5.41, 5.74) is 0.817. The third-order valence-electron chi connectivity index (χ3n) is 3.72. The lowest BCUT2D eigenvalue weighted by Gasteiger charge is -2.32. The first-order valence-electron chi connectivity index (χ1n) is 6.97. The quantitative estimate of drug-likeness (QED) is 0.851. The Morgan fingerprint density at radius 2 is 1.90 bits per heavy atom. The predicted molar refractivity (Wildman–Crippen MR) is 83.1 cm³/mol. The van der Waals surface area contributed by atoms with Crippen LogP contribution in [-0.2, 0) is 0 Å². The van der Waals surface area contributed by atoms with Gasteiger partial charge in [0.1, 0.15) is 5.82 Å². The first-order valence-corrected chi connectivity index (χ1v) is 7.79.